The van der Waals surface area contributed by atoms with E-state index in [1.165, 1.54) is 16.7 Å². The summed E-state index contributed by atoms with van der Waals surface area (Å²) >= 11 is 0. The Labute approximate surface area is 138 Å². The van der Waals surface area contributed by atoms with E-state index in [-0.39, 0.29) is 11.2 Å². The van der Waals surface area contributed by atoms with E-state index in [0.29, 0.717) is 24.7 Å². The molecule has 0 aromatic rings. The molecule has 4 aliphatic rings. The summed E-state index contributed by atoms with van der Waals surface area (Å²) in [5.41, 5.74) is 3.37. The largest absolute Gasteiger partial charge is 0.389 e. The van der Waals surface area contributed by atoms with Crippen molar-refractivity contribution in [3.63, 3.8) is 0 Å². The Morgan fingerprint density at radius 2 is 2.17 bits per heavy atom. The Morgan fingerprint density at radius 3 is 2.96 bits per heavy atom. The molecule has 4 aliphatic carbocycles. The molecular formula is C21H26O2. The van der Waals surface area contributed by atoms with Crippen LogP contribution in [0.15, 0.2) is 47.6 Å². The smallest absolute Gasteiger partial charge is 0.156 e. The molecule has 1 saturated carbocycles. The van der Waals surface area contributed by atoms with E-state index in [2.05, 4.69) is 25.7 Å². The third-order valence-electron chi connectivity index (χ3n) is 7.04. The fourth-order valence-electron chi connectivity index (χ4n) is 5.68. The van der Waals surface area contributed by atoms with Crippen molar-refractivity contribution >= 4 is 5.78 Å². The molecule has 0 aromatic heterocycles. The van der Waals surface area contributed by atoms with Gasteiger partial charge >= 0.3 is 0 Å². The molecule has 0 amide bonds. The molecule has 1 fully saturated rings. The molecule has 23 heavy (non-hydrogen) atoms. The van der Waals surface area contributed by atoms with Gasteiger partial charge in [0.2, 0.25) is 0 Å². The van der Waals surface area contributed by atoms with Crippen LogP contribution in [0.5, 0.6) is 0 Å². The molecule has 0 radical (unpaired) electrons. The van der Waals surface area contributed by atoms with Crippen LogP contribution in [0.25, 0.3) is 0 Å². The minimum atomic E-state index is -0.648. The maximum atomic E-state index is 11.7. The van der Waals surface area contributed by atoms with E-state index in [1.54, 1.807) is 0 Å². The first-order chi connectivity index (χ1) is 11.0. The summed E-state index contributed by atoms with van der Waals surface area (Å²) in [7, 11) is 0. The van der Waals surface area contributed by atoms with Gasteiger partial charge in [0.1, 0.15) is 0 Å². The van der Waals surface area contributed by atoms with Crippen molar-refractivity contribution in [1.29, 1.82) is 0 Å². The van der Waals surface area contributed by atoms with E-state index in [1.807, 2.05) is 12.2 Å². The van der Waals surface area contributed by atoms with Crippen LogP contribution < -0.4 is 0 Å². The number of aliphatic hydroxyl groups is 1. The van der Waals surface area contributed by atoms with Gasteiger partial charge in [-0.25, -0.2) is 0 Å². The number of hydrogen-bond donors (Lipinski definition) is 1. The second-order valence-electron chi connectivity index (χ2n) is 8.00. The molecule has 2 heteroatoms. The van der Waals surface area contributed by atoms with Gasteiger partial charge < -0.3 is 5.11 Å². The van der Waals surface area contributed by atoms with Crippen LogP contribution in [0.2, 0.25) is 0 Å². The van der Waals surface area contributed by atoms with Gasteiger partial charge in [0.05, 0.1) is 5.60 Å². The summed E-state index contributed by atoms with van der Waals surface area (Å²) in [6, 6.07) is 0. The van der Waals surface area contributed by atoms with Gasteiger partial charge in [0, 0.05) is 11.8 Å². The van der Waals surface area contributed by atoms with Gasteiger partial charge in [-0.1, -0.05) is 25.2 Å². The molecule has 0 aliphatic heterocycles. The summed E-state index contributed by atoms with van der Waals surface area (Å²) < 4.78 is 0. The SMILES string of the molecule is C=CC[C@]1(O)CC[C@@H]2[C@@H]3CCC4=CC(=O)CCC4=C3C=C[C@]21C. The number of carbonyl (C=O) groups is 1. The van der Waals surface area contributed by atoms with Crippen LogP contribution in [-0.4, -0.2) is 16.5 Å². The van der Waals surface area contributed by atoms with E-state index in [0.717, 1.165) is 32.1 Å². The van der Waals surface area contributed by atoms with Gasteiger partial charge in [-0.3, -0.25) is 4.79 Å². The molecule has 0 unspecified atom stereocenters. The predicted octanol–water partition coefficient (Wildman–Crippen LogP) is 4.28. The van der Waals surface area contributed by atoms with Crippen LogP contribution in [-0.2, 0) is 4.79 Å². The molecule has 4 rings (SSSR count). The first-order valence-corrected chi connectivity index (χ1v) is 8.98. The first kappa shape index (κ1) is 15.1. The van der Waals surface area contributed by atoms with Crippen molar-refractivity contribution in [3.8, 4) is 0 Å². The molecule has 0 spiro atoms. The Morgan fingerprint density at radius 1 is 1.35 bits per heavy atom. The lowest BCUT2D eigenvalue weighted by atomic mass is 9.58. The molecular weight excluding hydrogens is 284 g/mol. The lowest BCUT2D eigenvalue weighted by Gasteiger charge is -2.48. The average Bonchev–Trinajstić information content (AvgIpc) is 2.79. The second kappa shape index (κ2) is 5.04. The summed E-state index contributed by atoms with van der Waals surface area (Å²) in [6.45, 7) is 6.09. The highest BCUT2D eigenvalue weighted by Gasteiger charge is 2.58. The normalized spacial score (nSPS) is 42.0. The predicted molar refractivity (Wildman–Crippen MR) is 91.8 cm³/mol. The van der Waals surface area contributed by atoms with Crippen LogP contribution in [0, 0.1) is 17.3 Å². The van der Waals surface area contributed by atoms with E-state index in [4.69, 9.17) is 0 Å². The standard InChI is InChI=1S/C21H26O2/c1-3-10-21(23)12-9-19-18-6-4-14-13-15(22)5-7-16(14)17(18)8-11-20(19,21)2/h3,8,11,13,18-19,23H,1,4-7,9-10,12H2,2H3/t18-,19-,20-,21+/m1/s1. The summed E-state index contributed by atoms with van der Waals surface area (Å²) in [5.74, 6) is 1.34. The van der Waals surface area contributed by atoms with E-state index in [9.17, 15) is 9.90 Å². The molecule has 0 heterocycles. The van der Waals surface area contributed by atoms with Crippen LogP contribution in [0.3, 0.4) is 0 Å². The van der Waals surface area contributed by atoms with Gasteiger partial charge in [-0.2, -0.15) is 0 Å². The number of rotatable bonds is 2. The maximum absolute atomic E-state index is 11.7. The molecule has 0 saturated heterocycles. The molecule has 4 atom stereocenters. The van der Waals surface area contributed by atoms with Gasteiger partial charge in [0.25, 0.3) is 0 Å². The minimum absolute atomic E-state index is 0.151. The van der Waals surface area contributed by atoms with E-state index >= 15 is 0 Å². The van der Waals surface area contributed by atoms with Gasteiger partial charge in [-0.15, -0.1) is 6.58 Å². The number of fused-ring (bicyclic) bond motifs is 4. The Kier molecular flexibility index (Phi) is 3.32. The molecule has 2 nitrogen and oxygen atoms in total. The fraction of sp³-hybridized carbons (Fsp3) is 0.571. The summed E-state index contributed by atoms with van der Waals surface area (Å²) in [5, 5.41) is 11.2. The van der Waals surface area contributed by atoms with Crippen LogP contribution in [0.4, 0.5) is 0 Å². The summed E-state index contributed by atoms with van der Waals surface area (Å²) in [6.07, 6.45) is 14.6. The van der Waals surface area contributed by atoms with Crippen molar-refractivity contribution in [2.45, 2.75) is 57.5 Å². The van der Waals surface area contributed by atoms with Crippen molar-refractivity contribution in [2.24, 2.45) is 17.3 Å². The van der Waals surface area contributed by atoms with Crippen LogP contribution >= 0.6 is 0 Å². The Balaban J connectivity index is 1.79. The lowest BCUT2D eigenvalue weighted by Crippen LogP contribution is -2.47. The maximum Gasteiger partial charge on any atom is 0.156 e. The van der Waals surface area contributed by atoms with Crippen molar-refractivity contribution in [3.05, 3.63) is 47.6 Å². The quantitative estimate of drug-likeness (QED) is 0.773. The number of carbonyl (C=O) groups excluding carboxylic acids is 1. The first-order valence-electron chi connectivity index (χ1n) is 8.98. The van der Waals surface area contributed by atoms with Gasteiger partial charge in [-0.05, 0) is 73.2 Å². The lowest BCUT2D eigenvalue weighted by molar-refractivity contribution is -0.114. The third kappa shape index (κ3) is 2.00. The third-order valence-corrected chi connectivity index (χ3v) is 7.04. The molecule has 122 valence electrons. The minimum Gasteiger partial charge on any atom is -0.389 e. The number of hydrogen-bond acceptors (Lipinski definition) is 2. The second-order valence-corrected chi connectivity index (χ2v) is 8.00. The fourth-order valence-corrected chi connectivity index (χ4v) is 5.68. The van der Waals surface area contributed by atoms with Crippen molar-refractivity contribution in [1.82, 2.24) is 0 Å². The highest BCUT2D eigenvalue weighted by molar-refractivity contribution is 5.93. The Hall–Kier alpha value is -1.41. The topological polar surface area (TPSA) is 37.3 Å². The zero-order valence-corrected chi connectivity index (χ0v) is 14.0. The van der Waals surface area contributed by atoms with E-state index < -0.39 is 5.60 Å². The highest BCUT2D eigenvalue weighted by Crippen LogP contribution is 2.61. The number of allylic oxidation sites excluding steroid dienone is 5. The van der Waals surface area contributed by atoms with Crippen molar-refractivity contribution in [2.75, 3.05) is 0 Å². The van der Waals surface area contributed by atoms with Crippen LogP contribution in [0.1, 0.15) is 51.9 Å². The van der Waals surface area contributed by atoms with Gasteiger partial charge in [0.15, 0.2) is 5.78 Å². The Bertz CT molecular complexity index is 665. The molecule has 1 N–H and O–H groups in total. The number of ketones is 1. The highest BCUT2D eigenvalue weighted by atomic mass is 16.3. The zero-order chi connectivity index (χ0) is 16.2. The summed E-state index contributed by atoms with van der Waals surface area (Å²) in [4.78, 5) is 11.7. The molecule has 0 bridgehead atoms. The zero-order valence-electron chi connectivity index (χ0n) is 14.0. The average molecular weight is 310 g/mol. The monoisotopic (exact) mass is 310 g/mol. The molecule has 0 aromatic carbocycles. The van der Waals surface area contributed by atoms with Crippen molar-refractivity contribution < 1.29 is 9.90 Å².